The molecule has 5 nitrogen and oxygen atoms in total. The molecule has 0 atom stereocenters. The van der Waals surface area contributed by atoms with Crippen molar-refractivity contribution in [3.8, 4) is 11.5 Å². The summed E-state index contributed by atoms with van der Waals surface area (Å²) in [4.78, 5) is 14.1. The van der Waals surface area contributed by atoms with E-state index in [1.54, 1.807) is 7.11 Å². The van der Waals surface area contributed by atoms with Crippen LogP contribution in [0.4, 0.5) is 0 Å². The molecule has 0 saturated carbocycles. The normalized spacial score (nSPS) is 10.7. The zero-order valence-electron chi connectivity index (χ0n) is 16.0. The van der Waals surface area contributed by atoms with Crippen molar-refractivity contribution in [2.45, 2.75) is 20.4 Å². The monoisotopic (exact) mass is 356 g/mol. The highest BCUT2D eigenvalue weighted by atomic mass is 16.5. The van der Waals surface area contributed by atoms with Crippen LogP contribution in [0, 0.1) is 13.8 Å². The molecule has 140 valence electrons. The molecule has 1 amide bonds. The van der Waals surface area contributed by atoms with Crippen LogP contribution < -0.4 is 14.8 Å². The smallest absolute Gasteiger partial charge is 0.234 e. The summed E-state index contributed by atoms with van der Waals surface area (Å²) in [6.45, 7) is 6.07. The van der Waals surface area contributed by atoms with E-state index in [0.29, 0.717) is 26.2 Å². The Bertz CT molecular complexity index is 693. The molecule has 5 heteroatoms. The number of hydrogen-bond donors (Lipinski definition) is 1. The van der Waals surface area contributed by atoms with Crippen molar-refractivity contribution < 1.29 is 14.3 Å². The first-order valence-corrected chi connectivity index (χ1v) is 8.77. The lowest BCUT2D eigenvalue weighted by Crippen LogP contribution is -2.36. The Morgan fingerprint density at radius 1 is 1.12 bits per heavy atom. The topological polar surface area (TPSA) is 50.8 Å². The number of nitrogens with zero attached hydrogens (tertiary/aromatic N) is 1. The third kappa shape index (κ3) is 6.08. The summed E-state index contributed by atoms with van der Waals surface area (Å²) < 4.78 is 11.0. The van der Waals surface area contributed by atoms with Gasteiger partial charge in [-0.25, -0.2) is 0 Å². The highest BCUT2D eigenvalue weighted by Crippen LogP contribution is 2.24. The van der Waals surface area contributed by atoms with Crippen molar-refractivity contribution in [2.75, 3.05) is 33.9 Å². The quantitative estimate of drug-likeness (QED) is 0.702. The van der Waals surface area contributed by atoms with E-state index in [1.807, 2.05) is 56.1 Å². The van der Waals surface area contributed by atoms with E-state index < -0.39 is 0 Å². The van der Waals surface area contributed by atoms with Gasteiger partial charge in [0, 0.05) is 6.54 Å². The average Bonchev–Trinajstić information content (AvgIpc) is 2.59. The standard InChI is InChI=1S/C21H28N2O3/c1-16-12-18(13-17(2)21(16)25-4)14-23(3)15-20(24)22-10-11-26-19-8-6-5-7-9-19/h5-9,12-13H,10-11,14-15H2,1-4H3,(H,22,24). The molecular formula is C21H28N2O3. The summed E-state index contributed by atoms with van der Waals surface area (Å²) in [5.74, 6) is 1.72. The van der Waals surface area contributed by atoms with Crippen LogP contribution in [0.2, 0.25) is 0 Å². The molecule has 0 aliphatic rings. The minimum Gasteiger partial charge on any atom is -0.496 e. The van der Waals surface area contributed by atoms with Crippen LogP contribution in [0.25, 0.3) is 0 Å². The molecule has 0 aromatic heterocycles. The number of aryl methyl sites for hydroxylation is 2. The Morgan fingerprint density at radius 3 is 2.38 bits per heavy atom. The molecule has 0 unspecified atom stereocenters. The number of ether oxygens (including phenoxy) is 2. The van der Waals surface area contributed by atoms with E-state index >= 15 is 0 Å². The summed E-state index contributed by atoms with van der Waals surface area (Å²) in [6, 6.07) is 13.8. The number of para-hydroxylation sites is 1. The van der Waals surface area contributed by atoms with Crippen LogP contribution in [0.3, 0.4) is 0 Å². The number of likely N-dealkylation sites (N-methyl/N-ethyl adjacent to an activating group) is 1. The van der Waals surface area contributed by atoms with Gasteiger partial charge in [0.25, 0.3) is 0 Å². The second kappa shape index (κ2) is 9.82. The first kappa shape index (κ1) is 19.8. The van der Waals surface area contributed by atoms with Crippen LogP contribution in [0.1, 0.15) is 16.7 Å². The maximum Gasteiger partial charge on any atom is 0.234 e. The van der Waals surface area contributed by atoms with Gasteiger partial charge in [-0.15, -0.1) is 0 Å². The van der Waals surface area contributed by atoms with E-state index in [9.17, 15) is 4.79 Å². The number of amides is 1. The fraction of sp³-hybridized carbons (Fsp3) is 0.381. The summed E-state index contributed by atoms with van der Waals surface area (Å²) in [5, 5.41) is 2.89. The summed E-state index contributed by atoms with van der Waals surface area (Å²) in [6.07, 6.45) is 0. The molecule has 2 aromatic carbocycles. The van der Waals surface area contributed by atoms with Crippen molar-refractivity contribution >= 4 is 5.91 Å². The van der Waals surface area contributed by atoms with Crippen LogP contribution in [0.15, 0.2) is 42.5 Å². The third-order valence-electron chi connectivity index (χ3n) is 4.03. The van der Waals surface area contributed by atoms with Crippen molar-refractivity contribution in [3.05, 3.63) is 59.2 Å². The van der Waals surface area contributed by atoms with Gasteiger partial charge in [-0.05, 0) is 49.7 Å². The van der Waals surface area contributed by atoms with Crippen LogP contribution in [-0.2, 0) is 11.3 Å². The number of benzene rings is 2. The van der Waals surface area contributed by atoms with E-state index in [-0.39, 0.29) is 5.91 Å². The summed E-state index contributed by atoms with van der Waals surface area (Å²) >= 11 is 0. The van der Waals surface area contributed by atoms with Gasteiger partial charge in [0.05, 0.1) is 20.2 Å². The molecule has 0 spiro atoms. The van der Waals surface area contributed by atoms with Crippen molar-refractivity contribution in [1.29, 1.82) is 0 Å². The number of rotatable bonds is 9. The number of carbonyl (C=O) groups is 1. The van der Waals surface area contributed by atoms with Crippen LogP contribution >= 0.6 is 0 Å². The van der Waals surface area contributed by atoms with Gasteiger partial charge in [0.2, 0.25) is 5.91 Å². The van der Waals surface area contributed by atoms with E-state index in [4.69, 9.17) is 9.47 Å². The van der Waals surface area contributed by atoms with Gasteiger partial charge in [0.1, 0.15) is 18.1 Å². The number of carbonyl (C=O) groups excluding carboxylic acids is 1. The lowest BCUT2D eigenvalue weighted by atomic mass is 10.1. The van der Waals surface area contributed by atoms with Gasteiger partial charge in [0.15, 0.2) is 0 Å². The molecular weight excluding hydrogens is 328 g/mol. The molecule has 26 heavy (non-hydrogen) atoms. The van der Waals surface area contributed by atoms with E-state index in [1.165, 1.54) is 5.56 Å². The van der Waals surface area contributed by atoms with Gasteiger partial charge < -0.3 is 14.8 Å². The molecule has 0 aliphatic heterocycles. The average molecular weight is 356 g/mol. The maximum atomic E-state index is 12.1. The molecule has 0 saturated heterocycles. The Balaban J connectivity index is 1.73. The first-order valence-electron chi connectivity index (χ1n) is 8.77. The molecule has 2 rings (SSSR count). The molecule has 2 aromatic rings. The SMILES string of the molecule is COc1c(C)cc(CN(C)CC(=O)NCCOc2ccccc2)cc1C. The largest absolute Gasteiger partial charge is 0.496 e. The number of methoxy groups -OCH3 is 1. The highest BCUT2D eigenvalue weighted by Gasteiger charge is 2.10. The molecule has 1 N–H and O–H groups in total. The first-order chi connectivity index (χ1) is 12.5. The van der Waals surface area contributed by atoms with Crippen molar-refractivity contribution in [1.82, 2.24) is 10.2 Å². The lowest BCUT2D eigenvalue weighted by Gasteiger charge is -2.18. The second-order valence-electron chi connectivity index (χ2n) is 6.45. The minimum atomic E-state index is -0.00822. The molecule has 0 heterocycles. The Kier molecular flexibility index (Phi) is 7.48. The van der Waals surface area contributed by atoms with Gasteiger partial charge in [-0.3, -0.25) is 9.69 Å². The van der Waals surface area contributed by atoms with E-state index in [0.717, 1.165) is 22.6 Å². The predicted molar refractivity (Wildman–Crippen MR) is 104 cm³/mol. The Morgan fingerprint density at radius 2 is 1.77 bits per heavy atom. The third-order valence-corrected chi connectivity index (χ3v) is 4.03. The predicted octanol–water partition coefficient (Wildman–Crippen LogP) is 2.94. The molecule has 0 fully saturated rings. The lowest BCUT2D eigenvalue weighted by molar-refractivity contribution is -0.122. The fourth-order valence-corrected chi connectivity index (χ4v) is 3.00. The molecule has 0 aliphatic carbocycles. The van der Waals surface area contributed by atoms with Gasteiger partial charge in [-0.2, -0.15) is 0 Å². The Labute approximate surface area is 155 Å². The number of nitrogens with one attached hydrogen (secondary N) is 1. The van der Waals surface area contributed by atoms with Gasteiger partial charge in [-0.1, -0.05) is 30.3 Å². The van der Waals surface area contributed by atoms with Gasteiger partial charge >= 0.3 is 0 Å². The molecule has 0 radical (unpaired) electrons. The highest BCUT2D eigenvalue weighted by molar-refractivity contribution is 5.77. The van der Waals surface area contributed by atoms with Crippen LogP contribution in [0.5, 0.6) is 11.5 Å². The molecule has 0 bridgehead atoms. The maximum absolute atomic E-state index is 12.1. The number of hydrogen-bond acceptors (Lipinski definition) is 4. The zero-order chi connectivity index (χ0) is 18.9. The van der Waals surface area contributed by atoms with Crippen molar-refractivity contribution in [2.24, 2.45) is 0 Å². The summed E-state index contributed by atoms with van der Waals surface area (Å²) in [5.41, 5.74) is 3.39. The summed E-state index contributed by atoms with van der Waals surface area (Å²) in [7, 11) is 3.63. The van der Waals surface area contributed by atoms with E-state index in [2.05, 4.69) is 17.4 Å². The zero-order valence-corrected chi connectivity index (χ0v) is 16.0. The fourth-order valence-electron chi connectivity index (χ4n) is 3.00. The van der Waals surface area contributed by atoms with Crippen LogP contribution in [-0.4, -0.2) is 44.7 Å². The minimum absolute atomic E-state index is 0.00822. The van der Waals surface area contributed by atoms with Crippen molar-refractivity contribution in [3.63, 3.8) is 0 Å². The Hall–Kier alpha value is -2.53. The second-order valence-corrected chi connectivity index (χ2v) is 6.45.